The van der Waals surface area contributed by atoms with E-state index in [1.165, 1.54) is 30.4 Å². The zero-order valence-corrected chi connectivity index (χ0v) is 18.0. The second-order valence-electron chi connectivity index (χ2n) is 8.03. The molecule has 0 aliphatic carbocycles. The van der Waals surface area contributed by atoms with Gasteiger partial charge in [-0.25, -0.2) is 0 Å². The lowest BCUT2D eigenvalue weighted by atomic mass is 9.61. The Hall–Kier alpha value is -3.58. The normalized spacial score (nSPS) is 13.7. The number of nitrogens with one attached hydrogen (secondary N) is 1. The topological polar surface area (TPSA) is 97.5 Å². The van der Waals surface area contributed by atoms with Crippen molar-refractivity contribution in [3.05, 3.63) is 89.2 Å². The number of nitrogens with two attached hydrogens (primary N) is 1. The van der Waals surface area contributed by atoms with Crippen molar-refractivity contribution in [3.63, 3.8) is 0 Å². The summed E-state index contributed by atoms with van der Waals surface area (Å²) in [6.07, 6.45) is 3.93. The Morgan fingerprint density at radius 2 is 1.82 bits per heavy atom. The van der Waals surface area contributed by atoms with Gasteiger partial charge >= 0.3 is 0 Å². The molecule has 3 N–H and O–H groups in total. The Morgan fingerprint density at radius 1 is 1.06 bits per heavy atom. The van der Waals surface area contributed by atoms with E-state index in [4.69, 9.17) is 26.2 Å². The summed E-state index contributed by atoms with van der Waals surface area (Å²) in [5.74, 6) is -0.712. The van der Waals surface area contributed by atoms with Crippen LogP contribution < -0.4 is 15.8 Å². The van der Waals surface area contributed by atoms with Gasteiger partial charge in [-0.05, 0) is 61.0 Å². The molecule has 9 heteroatoms. The summed E-state index contributed by atoms with van der Waals surface area (Å²) in [5, 5.41) is 1.11. The van der Waals surface area contributed by atoms with Crippen molar-refractivity contribution in [2.75, 3.05) is 18.4 Å². The molecule has 0 unspecified atom stereocenters. The molecule has 3 aromatic rings. The van der Waals surface area contributed by atoms with Crippen molar-refractivity contribution in [1.82, 2.24) is 9.88 Å². The molecule has 1 aliphatic heterocycles. The number of likely N-dealkylation sites (tertiary alicyclic amines) is 1. The number of carbonyl (C=O) groups excluding carboxylic acids is 2. The van der Waals surface area contributed by atoms with Crippen LogP contribution in [0.4, 0.5) is 5.69 Å². The van der Waals surface area contributed by atoms with Crippen LogP contribution in [0.2, 0.25) is 0 Å². The lowest BCUT2D eigenvalue weighted by molar-refractivity contribution is 0.0996. The number of ether oxygens (including phenoxy) is 1. The average Bonchev–Trinajstić information content (AvgIpc) is 2.77. The Morgan fingerprint density at radius 3 is 2.48 bits per heavy atom. The first-order valence-electron chi connectivity index (χ1n) is 10.5. The number of hydrogen-bond donors (Lipinski definition) is 2. The highest BCUT2D eigenvalue weighted by Crippen LogP contribution is 2.25. The van der Waals surface area contributed by atoms with Crippen LogP contribution in [0.3, 0.4) is 0 Å². The van der Waals surface area contributed by atoms with E-state index in [0.717, 1.165) is 19.6 Å². The Bertz CT molecular complexity index is 1160. The predicted molar refractivity (Wildman–Crippen MR) is 127 cm³/mol. The average molecular weight is 436 g/mol. The number of primary amides is 1. The van der Waals surface area contributed by atoms with Crippen molar-refractivity contribution >= 4 is 33.2 Å². The van der Waals surface area contributed by atoms with E-state index >= 15 is 0 Å². The van der Waals surface area contributed by atoms with E-state index in [9.17, 15) is 9.59 Å². The van der Waals surface area contributed by atoms with Crippen LogP contribution in [-0.4, -0.2) is 50.5 Å². The number of carbonyl (C=O) groups is 2. The van der Waals surface area contributed by atoms with Gasteiger partial charge in [0.15, 0.2) is 0 Å². The molecule has 33 heavy (non-hydrogen) atoms. The molecule has 7 nitrogen and oxygen atoms in total. The number of nitrogens with zero attached hydrogens (tertiary/aromatic N) is 2. The smallest absolute Gasteiger partial charge is 0.255 e. The number of rotatable bonds is 8. The number of benzene rings is 2. The van der Waals surface area contributed by atoms with E-state index < -0.39 is 11.3 Å². The lowest BCUT2D eigenvalue weighted by Gasteiger charge is -2.30. The summed E-state index contributed by atoms with van der Waals surface area (Å²) < 4.78 is 5.65. The molecule has 4 radical (unpaired) electrons. The Labute approximate surface area is 195 Å². The van der Waals surface area contributed by atoms with Crippen LogP contribution in [0.25, 0.3) is 0 Å². The third kappa shape index (κ3) is 5.62. The van der Waals surface area contributed by atoms with Gasteiger partial charge in [0.1, 0.15) is 21.4 Å². The van der Waals surface area contributed by atoms with Crippen molar-refractivity contribution in [2.24, 2.45) is 5.73 Å². The second kappa shape index (κ2) is 9.50. The van der Waals surface area contributed by atoms with Gasteiger partial charge in [0, 0.05) is 29.4 Å². The number of hydrogen-bond acceptors (Lipinski definition) is 5. The second-order valence-corrected chi connectivity index (χ2v) is 8.03. The van der Waals surface area contributed by atoms with Gasteiger partial charge < -0.3 is 15.8 Å². The van der Waals surface area contributed by atoms with Crippen molar-refractivity contribution in [2.45, 2.75) is 18.4 Å². The summed E-state index contributed by atoms with van der Waals surface area (Å²) in [5.41, 5.74) is 8.08. The number of anilines is 1. The van der Waals surface area contributed by atoms with Crippen molar-refractivity contribution in [3.8, 4) is 5.75 Å². The van der Waals surface area contributed by atoms with E-state index in [1.54, 1.807) is 24.3 Å². The maximum Gasteiger partial charge on any atom is 0.255 e. The highest BCUT2D eigenvalue weighted by atomic mass is 16.5. The van der Waals surface area contributed by atoms with E-state index in [1.807, 2.05) is 24.3 Å². The monoisotopic (exact) mass is 436 g/mol. The minimum absolute atomic E-state index is 0.167. The standard InChI is InChI=1S/C24H22B2N4O3/c25-24(26,33-21-11-18(22(27)31)13-28-14-21)19-3-1-4-20(12-19)29-23(32)17-7-5-16(6-8-17)15-30-9-2-10-30/h1,3-8,11-14H,2,9-10,15H2,(H2,27,31)(H,29,32). The minimum atomic E-state index is -1.74. The van der Waals surface area contributed by atoms with E-state index in [0.29, 0.717) is 16.8 Å². The van der Waals surface area contributed by atoms with Gasteiger partial charge in [0.05, 0.1) is 11.8 Å². The zero-order chi connectivity index (χ0) is 23.4. The molecule has 4 rings (SSSR count). The van der Waals surface area contributed by atoms with Crippen molar-refractivity contribution < 1.29 is 14.3 Å². The molecule has 1 aliphatic rings. The van der Waals surface area contributed by atoms with Gasteiger partial charge in [-0.3, -0.25) is 19.5 Å². The van der Waals surface area contributed by atoms with Gasteiger partial charge in [0.25, 0.3) is 5.91 Å². The lowest BCUT2D eigenvalue weighted by Crippen LogP contribution is -2.36. The Kier molecular flexibility index (Phi) is 6.51. The summed E-state index contributed by atoms with van der Waals surface area (Å²) in [6, 6.07) is 15.7. The highest BCUT2D eigenvalue weighted by Gasteiger charge is 2.23. The molecule has 1 aromatic heterocycles. The molecule has 0 atom stereocenters. The fraction of sp³-hybridized carbons (Fsp3) is 0.208. The van der Waals surface area contributed by atoms with Gasteiger partial charge in [-0.15, -0.1) is 0 Å². The van der Waals surface area contributed by atoms with Crippen LogP contribution in [0, 0.1) is 0 Å². The largest absolute Gasteiger partial charge is 0.501 e. The minimum Gasteiger partial charge on any atom is -0.501 e. The number of amides is 2. The molecule has 2 aromatic carbocycles. The molecular formula is C24H22B2N4O3. The molecule has 2 heterocycles. The highest BCUT2D eigenvalue weighted by molar-refractivity contribution is 6.39. The van der Waals surface area contributed by atoms with Gasteiger partial charge in [-0.2, -0.15) is 0 Å². The first-order valence-corrected chi connectivity index (χ1v) is 10.5. The van der Waals surface area contributed by atoms with Gasteiger partial charge in [-0.1, -0.05) is 24.3 Å². The number of pyridine rings is 1. The zero-order valence-electron chi connectivity index (χ0n) is 18.0. The van der Waals surface area contributed by atoms with E-state index in [-0.39, 0.29) is 17.2 Å². The SMILES string of the molecule is [B]C([B])(Oc1cncc(C(N)=O)c1)c1cccc(NC(=O)c2ccc(CN3CCC3)cc2)c1. The van der Waals surface area contributed by atoms with Crippen LogP contribution in [0.15, 0.2) is 67.0 Å². The molecular weight excluding hydrogens is 414 g/mol. The summed E-state index contributed by atoms with van der Waals surface area (Å²) >= 11 is 0. The van der Waals surface area contributed by atoms with Crippen LogP contribution in [0.1, 0.15) is 38.3 Å². The molecule has 1 saturated heterocycles. The summed E-state index contributed by atoms with van der Waals surface area (Å²) in [7, 11) is 12.3. The maximum absolute atomic E-state index is 12.7. The quantitative estimate of drug-likeness (QED) is 0.528. The summed E-state index contributed by atoms with van der Waals surface area (Å²) in [6.45, 7) is 3.15. The molecule has 0 saturated carbocycles. The molecule has 1 fully saturated rings. The third-order valence-electron chi connectivity index (χ3n) is 5.43. The van der Waals surface area contributed by atoms with Crippen LogP contribution >= 0.6 is 0 Å². The first-order chi connectivity index (χ1) is 15.8. The molecule has 0 bridgehead atoms. The predicted octanol–water partition coefficient (Wildman–Crippen LogP) is 2.16. The maximum atomic E-state index is 12.7. The Balaban J connectivity index is 1.43. The van der Waals surface area contributed by atoms with Crippen LogP contribution in [0.5, 0.6) is 5.75 Å². The van der Waals surface area contributed by atoms with Gasteiger partial charge in [0.2, 0.25) is 5.91 Å². The third-order valence-corrected chi connectivity index (χ3v) is 5.43. The van der Waals surface area contributed by atoms with E-state index in [2.05, 4.69) is 15.2 Å². The summed E-state index contributed by atoms with van der Waals surface area (Å²) in [4.78, 5) is 30.3. The molecule has 2 amide bonds. The molecule has 162 valence electrons. The van der Waals surface area contributed by atoms with Crippen LogP contribution in [-0.2, 0) is 11.9 Å². The fourth-order valence-electron chi connectivity index (χ4n) is 3.47. The number of aromatic nitrogens is 1. The molecule has 0 spiro atoms. The van der Waals surface area contributed by atoms with Crippen molar-refractivity contribution in [1.29, 1.82) is 0 Å². The fourth-order valence-corrected chi connectivity index (χ4v) is 3.47. The first kappa shape index (κ1) is 22.6.